The van der Waals surface area contributed by atoms with Gasteiger partial charge in [0.05, 0.1) is 32.5 Å². The molecular weight excluding hydrogens is 586 g/mol. The van der Waals surface area contributed by atoms with Gasteiger partial charge in [0.15, 0.2) is 6.29 Å². The topological polar surface area (TPSA) is 119 Å². The lowest BCUT2D eigenvalue weighted by Crippen LogP contribution is -2.46. The van der Waals surface area contributed by atoms with Crippen molar-refractivity contribution in [2.75, 3.05) is 39.2 Å². The van der Waals surface area contributed by atoms with E-state index in [4.69, 9.17) is 18.9 Å². The van der Waals surface area contributed by atoms with Crippen molar-refractivity contribution in [3.05, 3.63) is 101 Å². The van der Waals surface area contributed by atoms with Gasteiger partial charge in [-0.05, 0) is 48.2 Å². The van der Waals surface area contributed by atoms with Crippen molar-refractivity contribution in [3.8, 4) is 0 Å². The van der Waals surface area contributed by atoms with Gasteiger partial charge in [0.1, 0.15) is 6.04 Å². The van der Waals surface area contributed by atoms with Crippen LogP contribution >= 0.6 is 0 Å². The highest BCUT2D eigenvalue weighted by atomic mass is 16.7. The Kier molecular flexibility index (Phi) is 11.8. The average Bonchev–Trinajstić information content (AvgIpc) is 3.52. The number of ether oxygens (including phenoxy) is 4. The van der Waals surface area contributed by atoms with Crippen LogP contribution in [0.5, 0.6) is 0 Å². The Morgan fingerprint density at radius 2 is 1.76 bits per heavy atom. The van der Waals surface area contributed by atoms with Gasteiger partial charge in [0.25, 0.3) is 0 Å². The fraction of sp³-hybridized carbons (Fsp3) is 0.444. The van der Waals surface area contributed by atoms with E-state index in [1.54, 1.807) is 13.2 Å². The van der Waals surface area contributed by atoms with Crippen molar-refractivity contribution in [2.45, 2.75) is 63.4 Å². The normalized spacial score (nSPS) is 23.9. The van der Waals surface area contributed by atoms with Crippen molar-refractivity contribution >= 4 is 17.7 Å². The zero-order chi connectivity index (χ0) is 32.5. The Labute approximate surface area is 271 Å². The van der Waals surface area contributed by atoms with Crippen LogP contribution in [0, 0.1) is 5.92 Å². The number of aliphatic hydroxyl groups excluding tert-OH is 1. The maximum atomic E-state index is 13.1. The molecule has 3 N–H and O–H groups in total. The summed E-state index contributed by atoms with van der Waals surface area (Å²) in [6.07, 6.45) is 1.46. The highest BCUT2D eigenvalue weighted by Crippen LogP contribution is 2.42. The first kappa shape index (κ1) is 33.6. The summed E-state index contributed by atoms with van der Waals surface area (Å²) in [4.78, 5) is 28.0. The number of anilines is 1. The Morgan fingerprint density at radius 1 is 0.978 bits per heavy atom. The van der Waals surface area contributed by atoms with E-state index in [0.29, 0.717) is 24.8 Å². The largest absolute Gasteiger partial charge is 0.467 e. The molecule has 2 saturated heterocycles. The first-order chi connectivity index (χ1) is 22.4. The molecule has 0 aliphatic carbocycles. The third-order valence-corrected chi connectivity index (χ3v) is 8.89. The second-order valence-electron chi connectivity index (χ2n) is 12.1. The minimum absolute atomic E-state index is 0.0223. The second kappa shape index (κ2) is 16.2. The number of nitrogens with one attached hydrogen (secondary N) is 2. The SMILES string of the molecule is COC[C@@H]1CCCN1C[C@@H]1O[C@H](c2cccc(NC(=O)N[C@@H](Cc3ccccc3)C(=O)OC)c2)O[C@H](c2ccc(CO)cc2)[C@@H]1C. The van der Waals surface area contributed by atoms with E-state index in [2.05, 4.69) is 22.5 Å². The highest BCUT2D eigenvalue weighted by Gasteiger charge is 2.40. The first-order valence-corrected chi connectivity index (χ1v) is 15.9. The van der Waals surface area contributed by atoms with Crippen LogP contribution in [-0.2, 0) is 36.8 Å². The molecule has 5 rings (SSSR count). The van der Waals surface area contributed by atoms with Gasteiger partial charge in [-0.25, -0.2) is 9.59 Å². The fourth-order valence-corrected chi connectivity index (χ4v) is 6.35. The zero-order valence-corrected chi connectivity index (χ0v) is 26.8. The number of amides is 2. The van der Waals surface area contributed by atoms with Crippen molar-refractivity contribution < 1.29 is 33.6 Å². The number of likely N-dealkylation sites (tertiary alicyclic amines) is 1. The van der Waals surface area contributed by atoms with Gasteiger partial charge in [-0.2, -0.15) is 0 Å². The van der Waals surface area contributed by atoms with E-state index in [1.165, 1.54) is 7.11 Å². The lowest BCUT2D eigenvalue weighted by molar-refractivity contribution is -0.276. The molecule has 2 aliphatic rings. The number of methoxy groups -OCH3 is 2. The number of rotatable bonds is 12. The molecule has 2 aliphatic heterocycles. The maximum Gasteiger partial charge on any atom is 0.328 e. The third-order valence-electron chi connectivity index (χ3n) is 8.89. The predicted octanol–water partition coefficient (Wildman–Crippen LogP) is 4.99. The molecule has 0 aromatic heterocycles. The van der Waals surface area contributed by atoms with E-state index in [-0.39, 0.29) is 24.7 Å². The smallest absolute Gasteiger partial charge is 0.328 e. The molecule has 3 aromatic rings. The number of hydrogen-bond donors (Lipinski definition) is 3. The molecule has 0 bridgehead atoms. The molecule has 246 valence electrons. The first-order valence-electron chi connectivity index (χ1n) is 15.9. The van der Waals surface area contributed by atoms with Crippen molar-refractivity contribution in [1.82, 2.24) is 10.2 Å². The molecule has 3 aromatic carbocycles. The van der Waals surface area contributed by atoms with Crippen LogP contribution in [0.4, 0.5) is 10.5 Å². The van der Waals surface area contributed by atoms with Gasteiger partial charge >= 0.3 is 12.0 Å². The number of benzene rings is 3. The summed E-state index contributed by atoms with van der Waals surface area (Å²) in [6.45, 7) is 4.56. The van der Waals surface area contributed by atoms with Crippen LogP contribution in [0.15, 0.2) is 78.9 Å². The Hall–Kier alpha value is -3.80. The van der Waals surface area contributed by atoms with E-state index in [0.717, 1.165) is 48.2 Å². The molecule has 46 heavy (non-hydrogen) atoms. The summed E-state index contributed by atoms with van der Waals surface area (Å²) in [7, 11) is 3.05. The molecule has 10 nitrogen and oxygen atoms in total. The quantitative estimate of drug-likeness (QED) is 0.240. The van der Waals surface area contributed by atoms with Crippen LogP contribution in [0.2, 0.25) is 0 Å². The van der Waals surface area contributed by atoms with Gasteiger partial charge < -0.3 is 34.7 Å². The minimum atomic E-state index is -0.853. The van der Waals surface area contributed by atoms with Crippen molar-refractivity contribution in [2.24, 2.45) is 5.92 Å². The summed E-state index contributed by atoms with van der Waals surface area (Å²) in [5.74, 6) is -0.479. The standard InChI is InChI=1S/C36H45N3O7/c1-24-32(21-39-18-8-13-30(39)23-43-2)45-35(46-33(24)27-16-14-26(22-40)15-17-27)28-11-7-12-29(20-28)37-36(42)38-31(34(41)44-3)19-25-9-5-4-6-10-25/h4-7,9-12,14-17,20,24,30-33,35,40H,8,13,18-19,21-23H2,1-3H3,(H2,37,38,42)/t24-,30+,31+,32+,33+,35+/m1/s1. The highest BCUT2D eigenvalue weighted by molar-refractivity contribution is 5.92. The van der Waals surface area contributed by atoms with Crippen molar-refractivity contribution in [3.63, 3.8) is 0 Å². The Morgan fingerprint density at radius 3 is 2.48 bits per heavy atom. The maximum absolute atomic E-state index is 13.1. The molecular formula is C36H45N3O7. The average molecular weight is 632 g/mol. The van der Waals surface area contributed by atoms with E-state index >= 15 is 0 Å². The van der Waals surface area contributed by atoms with Crippen LogP contribution in [0.3, 0.4) is 0 Å². The van der Waals surface area contributed by atoms with Crippen LogP contribution < -0.4 is 10.6 Å². The van der Waals surface area contributed by atoms with Gasteiger partial charge in [-0.1, -0.05) is 73.7 Å². The number of hydrogen-bond acceptors (Lipinski definition) is 8. The number of urea groups is 1. The predicted molar refractivity (Wildman–Crippen MR) is 174 cm³/mol. The van der Waals surface area contributed by atoms with Gasteiger partial charge in [0.2, 0.25) is 0 Å². The monoisotopic (exact) mass is 631 g/mol. The molecule has 0 unspecified atom stereocenters. The number of aliphatic hydroxyl groups is 1. The fourth-order valence-electron chi connectivity index (χ4n) is 6.35. The van der Waals surface area contributed by atoms with E-state index in [9.17, 15) is 14.7 Å². The minimum Gasteiger partial charge on any atom is -0.467 e. The van der Waals surface area contributed by atoms with Gasteiger partial charge in [-0.15, -0.1) is 0 Å². The molecule has 2 fully saturated rings. The molecule has 0 spiro atoms. The van der Waals surface area contributed by atoms with Crippen molar-refractivity contribution in [1.29, 1.82) is 0 Å². The molecule has 0 saturated carbocycles. The summed E-state index contributed by atoms with van der Waals surface area (Å²) >= 11 is 0. The number of esters is 1. The molecule has 2 heterocycles. The molecule has 6 atom stereocenters. The third kappa shape index (κ3) is 8.51. The molecule has 2 amide bonds. The summed E-state index contributed by atoms with van der Waals surface area (Å²) in [6, 6.07) is 23.6. The van der Waals surface area contributed by atoms with Gasteiger partial charge in [-0.3, -0.25) is 4.90 Å². The Bertz CT molecular complexity index is 1420. The molecule has 0 radical (unpaired) electrons. The van der Waals surface area contributed by atoms with E-state index < -0.39 is 24.3 Å². The summed E-state index contributed by atoms with van der Waals surface area (Å²) in [5.41, 5.74) is 4.04. The molecule has 10 heteroatoms. The zero-order valence-electron chi connectivity index (χ0n) is 26.8. The lowest BCUT2D eigenvalue weighted by Gasteiger charge is -2.43. The van der Waals surface area contributed by atoms with Crippen LogP contribution in [0.25, 0.3) is 0 Å². The number of carbonyl (C=O) groups excluding carboxylic acids is 2. The van der Waals surface area contributed by atoms with Gasteiger partial charge in [0, 0.05) is 43.3 Å². The Balaban J connectivity index is 1.33. The summed E-state index contributed by atoms with van der Waals surface area (Å²) in [5, 5.41) is 15.2. The number of nitrogens with zero attached hydrogens (tertiary/aromatic N) is 1. The lowest BCUT2D eigenvalue weighted by atomic mass is 9.90. The second-order valence-corrected chi connectivity index (χ2v) is 12.1. The number of carbonyl (C=O) groups is 2. The van der Waals surface area contributed by atoms with Crippen LogP contribution in [-0.4, -0.2) is 74.1 Å². The van der Waals surface area contributed by atoms with Crippen LogP contribution in [0.1, 0.15) is 54.4 Å². The summed E-state index contributed by atoms with van der Waals surface area (Å²) < 4.78 is 23.7. The van der Waals surface area contributed by atoms with E-state index in [1.807, 2.05) is 72.8 Å².